The molecule has 10 heteroatoms. The van der Waals surface area contributed by atoms with Gasteiger partial charge in [0.1, 0.15) is 5.82 Å². The Morgan fingerprint density at radius 1 is 1.06 bits per heavy atom. The Bertz CT molecular complexity index is 1530. The van der Waals surface area contributed by atoms with E-state index in [4.69, 9.17) is 23.2 Å². The summed E-state index contributed by atoms with van der Waals surface area (Å²) in [5, 5.41) is 10.8. The molecule has 0 spiro atoms. The number of nitrogens with zero attached hydrogens (tertiary/aromatic N) is 5. The molecule has 7 nitrogen and oxygen atoms in total. The molecule has 0 fully saturated rings. The van der Waals surface area contributed by atoms with Gasteiger partial charge in [0.05, 0.1) is 32.4 Å². The van der Waals surface area contributed by atoms with E-state index < -0.39 is 0 Å². The highest BCUT2D eigenvalue weighted by Crippen LogP contribution is 2.32. The fourth-order valence-electron chi connectivity index (χ4n) is 3.46. The Kier molecular flexibility index (Phi) is 5.88. The number of aromatic amines is 1. The van der Waals surface area contributed by atoms with Gasteiger partial charge in [-0.1, -0.05) is 47.1 Å². The molecule has 3 heterocycles. The van der Waals surface area contributed by atoms with Crippen LogP contribution in [0.3, 0.4) is 0 Å². The fraction of sp³-hybridized carbons (Fsp3) is 0.0870. The largest absolute Gasteiger partial charge is 0.309 e. The molecule has 3 aromatic heterocycles. The number of pyridine rings is 1. The highest BCUT2D eigenvalue weighted by Gasteiger charge is 2.18. The maximum Gasteiger partial charge on any atom is 0.258 e. The van der Waals surface area contributed by atoms with Crippen molar-refractivity contribution >= 4 is 45.9 Å². The maximum atomic E-state index is 12.5. The molecule has 33 heavy (non-hydrogen) atoms. The Labute approximate surface area is 202 Å². The van der Waals surface area contributed by atoms with Crippen molar-refractivity contribution in [3.8, 4) is 17.1 Å². The lowest BCUT2D eigenvalue weighted by atomic mass is 10.1. The van der Waals surface area contributed by atoms with Crippen molar-refractivity contribution in [2.75, 3.05) is 0 Å². The van der Waals surface area contributed by atoms with Crippen LogP contribution in [0, 0.1) is 6.92 Å². The Morgan fingerprint density at radius 3 is 2.73 bits per heavy atom. The van der Waals surface area contributed by atoms with E-state index >= 15 is 0 Å². The molecule has 0 atom stereocenters. The second-order valence-corrected chi connectivity index (χ2v) is 9.01. The van der Waals surface area contributed by atoms with Crippen LogP contribution in [0.15, 0.2) is 70.9 Å². The average molecular weight is 495 g/mol. The van der Waals surface area contributed by atoms with E-state index in [1.54, 1.807) is 30.6 Å². The van der Waals surface area contributed by atoms with Crippen molar-refractivity contribution in [3.05, 3.63) is 92.7 Å². The topological polar surface area (TPSA) is 89.4 Å². The summed E-state index contributed by atoms with van der Waals surface area (Å²) in [7, 11) is 0. The van der Waals surface area contributed by atoms with Gasteiger partial charge in [-0.05, 0) is 48.9 Å². The molecule has 5 aromatic rings. The van der Waals surface area contributed by atoms with Crippen molar-refractivity contribution in [1.29, 1.82) is 0 Å². The Hall–Kier alpha value is -3.20. The third-order valence-corrected chi connectivity index (χ3v) is 6.72. The molecule has 0 amide bonds. The summed E-state index contributed by atoms with van der Waals surface area (Å²) in [6, 6.07) is 14.6. The first kappa shape index (κ1) is 21.6. The molecule has 0 saturated heterocycles. The van der Waals surface area contributed by atoms with E-state index in [-0.39, 0.29) is 5.56 Å². The molecule has 0 radical (unpaired) electrons. The zero-order valence-corrected chi connectivity index (χ0v) is 19.6. The van der Waals surface area contributed by atoms with Crippen molar-refractivity contribution < 1.29 is 0 Å². The van der Waals surface area contributed by atoms with Crippen LogP contribution in [0.5, 0.6) is 0 Å². The number of halogens is 2. The number of thioether (sulfide) groups is 1. The molecule has 5 rings (SSSR count). The lowest BCUT2D eigenvalue weighted by molar-refractivity contribution is 0.883. The number of rotatable bonds is 5. The Morgan fingerprint density at radius 2 is 1.94 bits per heavy atom. The van der Waals surface area contributed by atoms with Crippen LogP contribution in [0.1, 0.15) is 11.4 Å². The van der Waals surface area contributed by atoms with Gasteiger partial charge >= 0.3 is 0 Å². The van der Waals surface area contributed by atoms with E-state index in [0.29, 0.717) is 43.5 Å². The smallest absolute Gasteiger partial charge is 0.258 e. The summed E-state index contributed by atoms with van der Waals surface area (Å²) in [6.07, 6.45) is 3.42. The molecular weight excluding hydrogens is 479 g/mol. The second-order valence-electron chi connectivity index (χ2n) is 7.25. The summed E-state index contributed by atoms with van der Waals surface area (Å²) >= 11 is 13.8. The first-order valence-corrected chi connectivity index (χ1v) is 11.7. The van der Waals surface area contributed by atoms with E-state index in [2.05, 4.69) is 25.1 Å². The van der Waals surface area contributed by atoms with Crippen molar-refractivity contribution in [2.45, 2.75) is 17.8 Å². The van der Waals surface area contributed by atoms with Gasteiger partial charge in [0.2, 0.25) is 0 Å². The molecule has 0 unspecified atom stereocenters. The SMILES string of the molecule is Cc1cccc2c(=O)[nH]c(CSc3nnc(-c4cccnc4)n3-c3ccc(Cl)c(Cl)c3)nc12. The van der Waals surface area contributed by atoms with Crippen LogP contribution >= 0.6 is 35.0 Å². The van der Waals surface area contributed by atoms with Gasteiger partial charge in [0, 0.05) is 18.0 Å². The number of aryl methyl sites for hydroxylation is 1. The number of benzene rings is 2. The predicted octanol–water partition coefficient (Wildman–Crippen LogP) is 5.47. The summed E-state index contributed by atoms with van der Waals surface area (Å²) < 4.78 is 1.88. The summed E-state index contributed by atoms with van der Waals surface area (Å²) in [4.78, 5) is 24.3. The minimum absolute atomic E-state index is 0.165. The molecule has 0 aliphatic carbocycles. The first-order valence-electron chi connectivity index (χ1n) is 9.94. The van der Waals surface area contributed by atoms with Crippen LogP contribution in [0.4, 0.5) is 0 Å². The van der Waals surface area contributed by atoms with Crippen molar-refractivity contribution in [2.24, 2.45) is 0 Å². The van der Waals surface area contributed by atoms with Crippen LogP contribution in [-0.2, 0) is 5.75 Å². The fourth-order valence-corrected chi connectivity index (χ4v) is 4.57. The van der Waals surface area contributed by atoms with Crippen LogP contribution in [-0.4, -0.2) is 29.7 Å². The number of hydrogen-bond acceptors (Lipinski definition) is 6. The molecule has 0 aliphatic rings. The van der Waals surface area contributed by atoms with E-state index in [9.17, 15) is 4.79 Å². The lowest BCUT2D eigenvalue weighted by Gasteiger charge is -2.11. The number of H-pyrrole nitrogens is 1. The molecule has 1 N–H and O–H groups in total. The number of hydrogen-bond donors (Lipinski definition) is 1. The third-order valence-electron chi connectivity index (χ3n) is 5.04. The van der Waals surface area contributed by atoms with Gasteiger partial charge in [0.25, 0.3) is 5.56 Å². The number of aromatic nitrogens is 6. The monoisotopic (exact) mass is 494 g/mol. The summed E-state index contributed by atoms with van der Waals surface area (Å²) in [5.41, 5.74) is 3.03. The van der Waals surface area contributed by atoms with Gasteiger partial charge in [-0.25, -0.2) is 4.98 Å². The van der Waals surface area contributed by atoms with E-state index in [1.807, 2.05) is 41.8 Å². The second kappa shape index (κ2) is 8.97. The highest BCUT2D eigenvalue weighted by atomic mass is 35.5. The van der Waals surface area contributed by atoms with E-state index in [1.165, 1.54) is 11.8 Å². The quantitative estimate of drug-likeness (QED) is 0.325. The van der Waals surface area contributed by atoms with E-state index in [0.717, 1.165) is 16.8 Å². The first-order chi connectivity index (χ1) is 16.0. The van der Waals surface area contributed by atoms with Gasteiger partial charge in [-0.2, -0.15) is 0 Å². The number of fused-ring (bicyclic) bond motifs is 1. The van der Waals surface area contributed by atoms with Crippen LogP contribution in [0.2, 0.25) is 10.0 Å². The summed E-state index contributed by atoms with van der Waals surface area (Å²) in [6.45, 7) is 1.94. The van der Waals surface area contributed by atoms with Gasteiger partial charge in [0.15, 0.2) is 11.0 Å². The minimum atomic E-state index is -0.165. The van der Waals surface area contributed by atoms with Crippen LogP contribution < -0.4 is 5.56 Å². The lowest BCUT2D eigenvalue weighted by Crippen LogP contribution is -2.12. The Balaban J connectivity index is 1.56. The van der Waals surface area contributed by atoms with Gasteiger partial charge < -0.3 is 4.98 Å². The normalized spacial score (nSPS) is 11.2. The number of nitrogens with one attached hydrogen (secondary N) is 1. The van der Waals surface area contributed by atoms with Crippen molar-refractivity contribution in [1.82, 2.24) is 29.7 Å². The third kappa shape index (κ3) is 4.25. The zero-order valence-electron chi connectivity index (χ0n) is 17.3. The molecular formula is C23H16Cl2N6OS. The highest BCUT2D eigenvalue weighted by molar-refractivity contribution is 7.98. The van der Waals surface area contributed by atoms with Crippen LogP contribution in [0.25, 0.3) is 28.0 Å². The molecule has 0 bridgehead atoms. The average Bonchev–Trinajstić information content (AvgIpc) is 3.25. The minimum Gasteiger partial charge on any atom is -0.309 e. The molecule has 2 aromatic carbocycles. The molecule has 0 aliphatic heterocycles. The van der Waals surface area contributed by atoms with Gasteiger partial charge in [-0.3, -0.25) is 14.3 Å². The molecule has 164 valence electrons. The zero-order chi connectivity index (χ0) is 22.9. The standard InChI is InChI=1S/C23H16Cl2N6OS/c1-13-4-2-6-16-20(13)27-19(28-22(16)32)12-33-23-30-29-21(14-5-3-9-26-11-14)31(23)15-7-8-17(24)18(25)10-15/h2-11H,12H2,1H3,(H,27,28,32). The number of para-hydroxylation sites is 1. The predicted molar refractivity (Wildman–Crippen MR) is 131 cm³/mol. The van der Waals surface area contributed by atoms with Gasteiger partial charge in [-0.15, -0.1) is 10.2 Å². The summed E-state index contributed by atoms with van der Waals surface area (Å²) in [5.74, 6) is 1.56. The van der Waals surface area contributed by atoms with Crippen molar-refractivity contribution in [3.63, 3.8) is 0 Å². The molecule has 0 saturated carbocycles. The maximum absolute atomic E-state index is 12.5.